The molecular weight excluding hydrogens is 530 g/mol. The van der Waals surface area contributed by atoms with Gasteiger partial charge in [-0.25, -0.2) is 0 Å². The molecule has 2 fully saturated rings. The van der Waals surface area contributed by atoms with Crippen molar-refractivity contribution in [2.45, 2.75) is 49.9 Å². The van der Waals surface area contributed by atoms with Gasteiger partial charge in [-0.1, -0.05) is 54.6 Å². The fraction of sp³-hybridized carbons (Fsp3) is 0.300. The van der Waals surface area contributed by atoms with E-state index in [1.807, 2.05) is 37.3 Å². The van der Waals surface area contributed by atoms with Gasteiger partial charge >= 0.3 is 0 Å². The lowest BCUT2D eigenvalue weighted by atomic mass is 9.92. The molecule has 2 aliphatic heterocycles. The fourth-order valence-corrected chi connectivity index (χ4v) is 6.71. The van der Waals surface area contributed by atoms with Gasteiger partial charge < -0.3 is 30.4 Å². The zero-order valence-electron chi connectivity index (χ0n) is 22.2. The van der Waals surface area contributed by atoms with E-state index in [2.05, 4.69) is 5.32 Å². The Hall–Kier alpha value is -4.02. The number of phenolic OH excluding ortho intramolecular Hbond substituents is 2. The first kappa shape index (κ1) is 27.5. The van der Waals surface area contributed by atoms with E-state index in [4.69, 9.17) is 0 Å². The normalized spacial score (nSPS) is 21.4. The Balaban J connectivity index is 1.35. The number of para-hydroxylation sites is 1. The number of phenols is 2. The molecule has 0 radical (unpaired) electrons. The lowest BCUT2D eigenvalue weighted by Gasteiger charge is -2.52. The molecule has 3 aromatic rings. The second-order valence-corrected chi connectivity index (χ2v) is 11.6. The number of benzene rings is 3. The maximum atomic E-state index is 13.7. The molecule has 208 valence electrons. The molecule has 3 aromatic carbocycles. The quantitative estimate of drug-likeness (QED) is 0.311. The maximum absolute atomic E-state index is 13.7. The van der Waals surface area contributed by atoms with Crippen LogP contribution in [0.4, 0.5) is 0 Å². The number of β-lactam (4-membered cyclic amide) rings is 1. The Bertz CT molecular complexity index is 1450. The Kier molecular flexibility index (Phi) is 7.48. The zero-order chi connectivity index (χ0) is 28.6. The van der Waals surface area contributed by atoms with Crippen LogP contribution in [0.15, 0.2) is 72.8 Å². The molecule has 40 heavy (non-hydrogen) atoms. The van der Waals surface area contributed by atoms with E-state index >= 15 is 0 Å². The summed E-state index contributed by atoms with van der Waals surface area (Å²) in [7, 11) is 0. The van der Waals surface area contributed by atoms with Crippen LogP contribution in [0.1, 0.15) is 34.0 Å². The smallest absolute Gasteiger partial charge is 0.255 e. The number of carbonyl (C=O) groups is 3. The standard InChI is InChI=1S/C30H31N3O6S/c1-18-21(12-8-14-23(18)34)27(37)31-22(15-19-9-4-3-5-10-19)25(36)28(38)32-17-40-30(2)26(32)29(39)33(30)16-20-11-6-7-13-24(20)35/h3-14,22,25-26,34-36H,15-17H2,1-2H3,(H,31,37)/t22-,25-,26+,30?/m0/s1. The number of carbonyl (C=O) groups excluding carboxylic acids is 3. The van der Waals surface area contributed by atoms with Crippen molar-refractivity contribution < 1.29 is 29.7 Å². The van der Waals surface area contributed by atoms with Gasteiger partial charge in [0.1, 0.15) is 22.4 Å². The zero-order valence-corrected chi connectivity index (χ0v) is 23.0. The second-order valence-electron chi connectivity index (χ2n) is 10.3. The van der Waals surface area contributed by atoms with E-state index in [1.54, 1.807) is 48.2 Å². The molecule has 5 rings (SSSR count). The van der Waals surface area contributed by atoms with Crippen LogP contribution in [0, 0.1) is 6.92 Å². The number of rotatable bonds is 8. The molecule has 2 saturated heterocycles. The maximum Gasteiger partial charge on any atom is 0.255 e. The van der Waals surface area contributed by atoms with Gasteiger partial charge in [0.25, 0.3) is 11.8 Å². The van der Waals surface area contributed by atoms with E-state index in [0.29, 0.717) is 11.1 Å². The topological polar surface area (TPSA) is 130 Å². The third kappa shape index (κ3) is 4.89. The number of nitrogens with one attached hydrogen (secondary N) is 1. The summed E-state index contributed by atoms with van der Waals surface area (Å²) in [5.74, 6) is -1.20. The van der Waals surface area contributed by atoms with Crippen molar-refractivity contribution in [3.63, 3.8) is 0 Å². The average Bonchev–Trinajstić information content (AvgIpc) is 3.26. The van der Waals surface area contributed by atoms with Gasteiger partial charge in [-0.05, 0) is 44.0 Å². The molecule has 0 aromatic heterocycles. The van der Waals surface area contributed by atoms with Crippen molar-refractivity contribution in [3.05, 3.63) is 95.1 Å². The molecule has 9 nitrogen and oxygen atoms in total. The van der Waals surface area contributed by atoms with Gasteiger partial charge in [-0.3, -0.25) is 14.4 Å². The van der Waals surface area contributed by atoms with Gasteiger partial charge in [0.05, 0.1) is 18.5 Å². The van der Waals surface area contributed by atoms with E-state index in [1.165, 1.54) is 22.7 Å². The number of aromatic hydroxyl groups is 2. The number of nitrogens with zero attached hydrogens (tertiary/aromatic N) is 2. The molecule has 0 saturated carbocycles. The second kappa shape index (κ2) is 10.9. The van der Waals surface area contributed by atoms with Crippen molar-refractivity contribution >= 4 is 29.5 Å². The molecule has 0 aliphatic carbocycles. The summed E-state index contributed by atoms with van der Waals surface area (Å²) < 4.78 is 0. The monoisotopic (exact) mass is 561 g/mol. The van der Waals surface area contributed by atoms with Crippen molar-refractivity contribution in [2.75, 3.05) is 5.88 Å². The van der Waals surface area contributed by atoms with Crippen LogP contribution in [0.3, 0.4) is 0 Å². The molecule has 0 bridgehead atoms. The minimum atomic E-state index is -1.62. The molecule has 2 aliphatic rings. The van der Waals surface area contributed by atoms with Crippen molar-refractivity contribution in [1.82, 2.24) is 15.1 Å². The van der Waals surface area contributed by atoms with Crippen LogP contribution in [0.5, 0.6) is 11.5 Å². The van der Waals surface area contributed by atoms with Crippen molar-refractivity contribution in [2.24, 2.45) is 0 Å². The van der Waals surface area contributed by atoms with Gasteiger partial charge in [-0.15, -0.1) is 11.8 Å². The summed E-state index contributed by atoms with van der Waals surface area (Å²) in [5, 5.41) is 34.4. The number of thioether (sulfide) groups is 1. The molecule has 4 atom stereocenters. The van der Waals surface area contributed by atoms with E-state index < -0.39 is 34.9 Å². The van der Waals surface area contributed by atoms with Gasteiger partial charge in [0, 0.05) is 16.7 Å². The molecule has 4 N–H and O–H groups in total. The molecule has 2 heterocycles. The highest BCUT2D eigenvalue weighted by Crippen LogP contribution is 2.51. The molecule has 3 amide bonds. The first-order chi connectivity index (χ1) is 19.1. The highest BCUT2D eigenvalue weighted by molar-refractivity contribution is 8.01. The van der Waals surface area contributed by atoms with Crippen molar-refractivity contribution in [1.29, 1.82) is 0 Å². The van der Waals surface area contributed by atoms with E-state index in [0.717, 1.165) is 5.56 Å². The fourth-order valence-electron chi connectivity index (χ4n) is 5.34. The summed E-state index contributed by atoms with van der Waals surface area (Å²) in [6.45, 7) is 3.69. The predicted molar refractivity (Wildman–Crippen MR) is 150 cm³/mol. The average molecular weight is 562 g/mol. The van der Waals surface area contributed by atoms with Crippen LogP contribution in [0.25, 0.3) is 0 Å². The lowest BCUT2D eigenvalue weighted by Crippen LogP contribution is -2.73. The van der Waals surface area contributed by atoms with Crippen LogP contribution < -0.4 is 5.32 Å². The highest BCUT2D eigenvalue weighted by atomic mass is 32.2. The summed E-state index contributed by atoms with van der Waals surface area (Å²) in [4.78, 5) is 42.4. The van der Waals surface area contributed by atoms with Crippen LogP contribution in [-0.4, -0.2) is 71.8 Å². The largest absolute Gasteiger partial charge is 0.508 e. The Morgan fingerprint density at radius 3 is 2.42 bits per heavy atom. The van der Waals surface area contributed by atoms with Crippen LogP contribution >= 0.6 is 11.8 Å². The van der Waals surface area contributed by atoms with Gasteiger partial charge in [0.2, 0.25) is 5.91 Å². The molecule has 1 unspecified atom stereocenters. The predicted octanol–water partition coefficient (Wildman–Crippen LogP) is 2.77. The Morgan fingerprint density at radius 2 is 1.70 bits per heavy atom. The lowest BCUT2D eigenvalue weighted by molar-refractivity contribution is -0.168. The summed E-state index contributed by atoms with van der Waals surface area (Å²) in [6, 6.07) is 18.8. The summed E-state index contributed by atoms with van der Waals surface area (Å²) in [6.07, 6.45) is -1.45. The summed E-state index contributed by atoms with van der Waals surface area (Å²) in [5.41, 5.74) is 2.03. The number of hydrogen-bond donors (Lipinski definition) is 4. The van der Waals surface area contributed by atoms with Crippen LogP contribution in [0.2, 0.25) is 0 Å². The van der Waals surface area contributed by atoms with Crippen LogP contribution in [-0.2, 0) is 22.6 Å². The number of amides is 3. The number of hydrogen-bond acceptors (Lipinski definition) is 7. The number of likely N-dealkylation sites (tertiary alicyclic amines) is 1. The molecule has 10 heteroatoms. The Morgan fingerprint density at radius 1 is 1.02 bits per heavy atom. The Labute approximate surface area is 236 Å². The SMILES string of the molecule is Cc1c(O)cccc1C(=O)N[C@@H](Cc1ccccc1)[C@H](O)C(=O)N1CSC2(C)[C@H]1C(=O)N2Cc1ccccc1O. The number of aliphatic hydroxyl groups is 1. The highest BCUT2D eigenvalue weighted by Gasteiger charge is 2.65. The first-order valence-corrected chi connectivity index (χ1v) is 13.9. The molecule has 0 spiro atoms. The van der Waals surface area contributed by atoms with E-state index in [-0.39, 0.29) is 41.8 Å². The third-order valence-corrected chi connectivity index (χ3v) is 9.19. The van der Waals surface area contributed by atoms with Gasteiger partial charge in [0.15, 0.2) is 6.10 Å². The number of aliphatic hydroxyl groups excluding tert-OH is 1. The minimum Gasteiger partial charge on any atom is -0.508 e. The molecular formula is C30H31N3O6S. The van der Waals surface area contributed by atoms with Crippen molar-refractivity contribution in [3.8, 4) is 11.5 Å². The number of fused-ring (bicyclic) bond motifs is 1. The third-order valence-electron chi connectivity index (χ3n) is 7.75. The minimum absolute atomic E-state index is 0.0332. The van der Waals surface area contributed by atoms with E-state index in [9.17, 15) is 29.7 Å². The summed E-state index contributed by atoms with van der Waals surface area (Å²) >= 11 is 1.42. The first-order valence-electron chi connectivity index (χ1n) is 13.0. The van der Waals surface area contributed by atoms with Gasteiger partial charge in [-0.2, -0.15) is 0 Å².